The van der Waals surface area contributed by atoms with Crippen LogP contribution in [0.5, 0.6) is 0 Å². The predicted octanol–water partition coefficient (Wildman–Crippen LogP) is 3.21. The molecule has 1 N–H and O–H groups in total. The number of morpholine rings is 1. The summed E-state index contributed by atoms with van der Waals surface area (Å²) in [5.74, 6) is -0.264. The van der Waals surface area contributed by atoms with Crippen LogP contribution in [0.25, 0.3) is 0 Å². The molecule has 2 atom stereocenters. The Labute approximate surface area is 171 Å². The van der Waals surface area contributed by atoms with Gasteiger partial charge >= 0.3 is 0 Å². The molecule has 0 spiro atoms. The first-order valence-electron chi connectivity index (χ1n) is 10.0. The van der Waals surface area contributed by atoms with Gasteiger partial charge in [-0.25, -0.2) is 0 Å². The third-order valence-electron chi connectivity index (χ3n) is 5.62. The highest BCUT2D eigenvalue weighted by molar-refractivity contribution is 6.14. The molecule has 1 fully saturated rings. The van der Waals surface area contributed by atoms with Crippen LogP contribution < -0.4 is 10.2 Å². The number of hydrogen-bond donors (Lipinski definition) is 1. The molecule has 6 nitrogen and oxygen atoms in total. The lowest BCUT2D eigenvalue weighted by Gasteiger charge is -2.43. The molecule has 0 bridgehead atoms. The fraction of sp³-hybridized carbons (Fsp3) is 0.391. The van der Waals surface area contributed by atoms with E-state index in [1.54, 1.807) is 18.7 Å². The third kappa shape index (κ3) is 3.78. The van der Waals surface area contributed by atoms with Crippen molar-refractivity contribution >= 4 is 23.2 Å². The Morgan fingerprint density at radius 1 is 1.10 bits per heavy atom. The van der Waals surface area contributed by atoms with Crippen molar-refractivity contribution in [3.8, 4) is 0 Å². The molecule has 2 unspecified atom stereocenters. The zero-order valence-corrected chi connectivity index (χ0v) is 17.1. The van der Waals surface area contributed by atoms with Crippen molar-refractivity contribution in [2.45, 2.75) is 38.5 Å². The van der Waals surface area contributed by atoms with E-state index in [-0.39, 0.29) is 30.6 Å². The average Bonchev–Trinajstić information content (AvgIpc) is 2.69. The molecular weight excluding hydrogens is 366 g/mol. The van der Waals surface area contributed by atoms with Crippen molar-refractivity contribution < 1.29 is 14.3 Å². The molecule has 0 aromatic heterocycles. The van der Waals surface area contributed by atoms with Crippen molar-refractivity contribution in [3.05, 3.63) is 60.2 Å². The molecule has 6 heteroatoms. The molecule has 2 aliphatic rings. The maximum atomic E-state index is 13.4. The minimum Gasteiger partial charge on any atom is -0.368 e. The van der Waals surface area contributed by atoms with E-state index in [2.05, 4.69) is 22.3 Å². The number of amides is 2. The molecule has 2 aromatic carbocycles. The number of rotatable bonds is 3. The number of ether oxygens (including phenoxy) is 1. The minimum absolute atomic E-state index is 0.0201. The van der Waals surface area contributed by atoms with Gasteiger partial charge in [-0.2, -0.15) is 0 Å². The van der Waals surface area contributed by atoms with Gasteiger partial charge in [-0.05, 0) is 38.5 Å². The summed E-state index contributed by atoms with van der Waals surface area (Å²) >= 11 is 0. The highest BCUT2D eigenvalue weighted by Crippen LogP contribution is 2.37. The second-order valence-corrected chi connectivity index (χ2v) is 8.30. The van der Waals surface area contributed by atoms with Gasteiger partial charge in [0.05, 0.1) is 30.1 Å². The third-order valence-corrected chi connectivity index (χ3v) is 5.62. The molecule has 0 aliphatic carbocycles. The number of carbonyl (C=O) groups excluding carboxylic acids is 2. The average molecular weight is 393 g/mol. The van der Waals surface area contributed by atoms with Gasteiger partial charge in [0, 0.05) is 13.1 Å². The second-order valence-electron chi connectivity index (χ2n) is 8.30. The quantitative estimate of drug-likeness (QED) is 0.870. The van der Waals surface area contributed by atoms with Gasteiger partial charge in [-0.3, -0.25) is 19.4 Å². The molecule has 2 aliphatic heterocycles. The number of anilines is 2. The van der Waals surface area contributed by atoms with Crippen LogP contribution in [0.15, 0.2) is 54.6 Å². The van der Waals surface area contributed by atoms with E-state index < -0.39 is 5.54 Å². The van der Waals surface area contributed by atoms with Gasteiger partial charge < -0.3 is 10.1 Å². The summed E-state index contributed by atoms with van der Waals surface area (Å²) in [5, 5.41) is 2.91. The number of carbonyl (C=O) groups is 2. The Balaban J connectivity index is 1.56. The minimum atomic E-state index is -0.956. The first-order valence-corrected chi connectivity index (χ1v) is 10.0. The van der Waals surface area contributed by atoms with Crippen molar-refractivity contribution in [2.24, 2.45) is 0 Å². The predicted molar refractivity (Wildman–Crippen MR) is 113 cm³/mol. The van der Waals surface area contributed by atoms with Gasteiger partial charge in [-0.15, -0.1) is 0 Å². The zero-order valence-electron chi connectivity index (χ0n) is 17.1. The summed E-state index contributed by atoms with van der Waals surface area (Å²) in [5.41, 5.74) is 1.56. The second kappa shape index (κ2) is 7.61. The Hall–Kier alpha value is -2.70. The Bertz CT molecular complexity index is 913. The summed E-state index contributed by atoms with van der Waals surface area (Å²) in [6, 6.07) is 17.5. The van der Waals surface area contributed by atoms with E-state index >= 15 is 0 Å². The van der Waals surface area contributed by atoms with Crippen LogP contribution in [0.2, 0.25) is 0 Å². The van der Waals surface area contributed by atoms with Gasteiger partial charge in [-0.1, -0.05) is 42.5 Å². The first-order chi connectivity index (χ1) is 13.9. The molecule has 2 amide bonds. The fourth-order valence-electron chi connectivity index (χ4n) is 4.18. The maximum absolute atomic E-state index is 13.4. The molecule has 152 valence electrons. The number of para-hydroxylation sites is 2. The Morgan fingerprint density at radius 2 is 1.79 bits per heavy atom. The normalized spacial score (nSPS) is 24.0. The van der Waals surface area contributed by atoms with Gasteiger partial charge in [0.2, 0.25) is 11.8 Å². The topological polar surface area (TPSA) is 61.9 Å². The van der Waals surface area contributed by atoms with E-state index in [0.29, 0.717) is 18.8 Å². The zero-order chi connectivity index (χ0) is 20.6. The van der Waals surface area contributed by atoms with E-state index in [9.17, 15) is 9.59 Å². The summed E-state index contributed by atoms with van der Waals surface area (Å²) in [6.07, 6.45) is -0.0515. The van der Waals surface area contributed by atoms with Crippen molar-refractivity contribution in [2.75, 3.05) is 29.9 Å². The first kappa shape index (κ1) is 19.6. The number of hydrogen-bond acceptors (Lipinski definition) is 4. The summed E-state index contributed by atoms with van der Waals surface area (Å²) < 4.78 is 6.11. The maximum Gasteiger partial charge on any atom is 0.250 e. The van der Waals surface area contributed by atoms with E-state index in [1.807, 2.05) is 49.4 Å². The monoisotopic (exact) mass is 393 g/mol. The van der Waals surface area contributed by atoms with E-state index in [4.69, 9.17) is 4.74 Å². The van der Waals surface area contributed by atoms with Gasteiger partial charge in [0.25, 0.3) is 0 Å². The SMILES string of the molecule is CC1CN(CC(=O)N2c3ccccc3NC(=O)C2(C)C)CC(c2ccccc2)O1. The van der Waals surface area contributed by atoms with Gasteiger partial charge in [0.1, 0.15) is 5.54 Å². The van der Waals surface area contributed by atoms with Crippen LogP contribution in [0.1, 0.15) is 32.4 Å². The van der Waals surface area contributed by atoms with Crippen LogP contribution in [0.3, 0.4) is 0 Å². The highest BCUT2D eigenvalue weighted by atomic mass is 16.5. The van der Waals surface area contributed by atoms with E-state index in [1.165, 1.54) is 0 Å². The molecular formula is C23H27N3O3. The lowest BCUT2D eigenvalue weighted by Crippen LogP contribution is -2.60. The highest BCUT2D eigenvalue weighted by Gasteiger charge is 2.44. The number of nitrogens with zero attached hydrogens (tertiary/aromatic N) is 2. The lowest BCUT2D eigenvalue weighted by atomic mass is 9.96. The van der Waals surface area contributed by atoms with Crippen LogP contribution in [-0.2, 0) is 14.3 Å². The molecule has 1 saturated heterocycles. The number of fused-ring (bicyclic) bond motifs is 1. The van der Waals surface area contributed by atoms with Gasteiger partial charge in [0.15, 0.2) is 0 Å². The van der Waals surface area contributed by atoms with Crippen molar-refractivity contribution in [3.63, 3.8) is 0 Å². The van der Waals surface area contributed by atoms with E-state index in [0.717, 1.165) is 11.3 Å². The molecule has 29 heavy (non-hydrogen) atoms. The van der Waals surface area contributed by atoms with Crippen LogP contribution >= 0.6 is 0 Å². The van der Waals surface area contributed by atoms with Crippen LogP contribution in [0.4, 0.5) is 11.4 Å². The summed E-state index contributed by atoms with van der Waals surface area (Å²) in [7, 11) is 0. The van der Waals surface area contributed by atoms with Crippen molar-refractivity contribution in [1.29, 1.82) is 0 Å². The standard InChI is InChI=1S/C23H27N3O3/c1-16-13-25(14-20(29-16)17-9-5-4-6-10-17)15-21(27)26-19-12-8-7-11-18(19)24-22(28)23(26,2)3/h4-12,16,20H,13-15H2,1-3H3,(H,24,28). The number of nitrogens with one attached hydrogen (secondary N) is 1. The fourth-order valence-corrected chi connectivity index (χ4v) is 4.18. The van der Waals surface area contributed by atoms with Crippen molar-refractivity contribution in [1.82, 2.24) is 4.90 Å². The Kier molecular flexibility index (Phi) is 5.15. The molecule has 4 rings (SSSR count). The smallest absolute Gasteiger partial charge is 0.250 e. The summed E-state index contributed by atoms with van der Waals surface area (Å²) in [4.78, 5) is 29.8. The number of benzene rings is 2. The van der Waals surface area contributed by atoms with Crippen LogP contribution in [0, 0.1) is 0 Å². The Morgan fingerprint density at radius 3 is 2.55 bits per heavy atom. The molecule has 0 saturated carbocycles. The molecule has 2 aromatic rings. The molecule has 0 radical (unpaired) electrons. The summed E-state index contributed by atoms with van der Waals surface area (Å²) in [6.45, 7) is 7.15. The largest absolute Gasteiger partial charge is 0.368 e. The lowest BCUT2D eigenvalue weighted by molar-refractivity contribution is -0.129. The van der Waals surface area contributed by atoms with Crippen LogP contribution in [-0.4, -0.2) is 48.0 Å². The molecule has 2 heterocycles.